The summed E-state index contributed by atoms with van der Waals surface area (Å²) in [6.07, 6.45) is 7.31. The van der Waals surface area contributed by atoms with E-state index in [1.54, 1.807) is 0 Å². The van der Waals surface area contributed by atoms with Gasteiger partial charge in [-0.05, 0) is 61.3 Å². The zero-order chi connectivity index (χ0) is 24.8. The largest absolute Gasteiger partial charge is 0.369 e. The summed E-state index contributed by atoms with van der Waals surface area (Å²) in [5.74, 6) is 0.278. The first-order valence-electron chi connectivity index (χ1n) is 13.3. The molecule has 4 rings (SSSR count). The number of benzene rings is 1. The standard InChI is InChI=1S/C29H41N5O/c1-29(2,3)24-7-9-27(10-8-24)33-19-17-32(18-20-33)14-13-28(35)34-15-11-25(12-16-34)31-26-6-4-5-23(21-26)22-30/h7-10,21,25H,4-6,11-20H2,1-3H3. The first-order valence-corrected chi connectivity index (χ1v) is 13.3. The molecule has 1 amide bonds. The van der Waals surface area contributed by atoms with Gasteiger partial charge in [-0.25, -0.2) is 0 Å². The van der Waals surface area contributed by atoms with Crippen LogP contribution in [0.2, 0.25) is 0 Å². The van der Waals surface area contributed by atoms with E-state index < -0.39 is 0 Å². The van der Waals surface area contributed by atoms with Gasteiger partial charge in [0, 0.05) is 69.2 Å². The first kappa shape index (κ1) is 25.4. The third kappa shape index (κ3) is 6.95. The fraction of sp³-hybridized carbons (Fsp3) is 0.621. The molecule has 1 aliphatic carbocycles. The molecule has 0 radical (unpaired) electrons. The van der Waals surface area contributed by atoms with E-state index in [-0.39, 0.29) is 17.4 Å². The smallest absolute Gasteiger partial charge is 0.223 e. The van der Waals surface area contributed by atoms with E-state index in [1.165, 1.54) is 11.3 Å². The van der Waals surface area contributed by atoms with E-state index in [4.69, 9.17) is 10.3 Å². The molecule has 0 spiro atoms. The highest BCUT2D eigenvalue weighted by Gasteiger charge is 2.24. The van der Waals surface area contributed by atoms with Gasteiger partial charge in [0.25, 0.3) is 0 Å². The van der Waals surface area contributed by atoms with Gasteiger partial charge in [-0.2, -0.15) is 5.26 Å². The fourth-order valence-electron chi connectivity index (χ4n) is 5.29. The number of nitrogens with zero attached hydrogens (tertiary/aromatic N) is 5. The highest BCUT2D eigenvalue weighted by atomic mass is 16.2. The number of carbonyl (C=O) groups excluding carboxylic acids is 1. The van der Waals surface area contributed by atoms with Crippen LogP contribution in [-0.2, 0) is 10.2 Å². The molecular weight excluding hydrogens is 434 g/mol. The summed E-state index contributed by atoms with van der Waals surface area (Å²) in [6, 6.07) is 11.6. The van der Waals surface area contributed by atoms with Crippen molar-refractivity contribution < 1.29 is 4.79 Å². The molecule has 0 saturated carbocycles. The molecular formula is C29H41N5O. The molecule has 35 heavy (non-hydrogen) atoms. The highest BCUT2D eigenvalue weighted by Crippen LogP contribution is 2.25. The summed E-state index contributed by atoms with van der Waals surface area (Å²) < 4.78 is 0. The number of nitriles is 1. The molecule has 2 saturated heterocycles. The summed E-state index contributed by atoms with van der Waals surface area (Å²) >= 11 is 0. The lowest BCUT2D eigenvalue weighted by molar-refractivity contribution is -0.132. The lowest BCUT2D eigenvalue weighted by Crippen LogP contribution is -2.48. The van der Waals surface area contributed by atoms with Crippen LogP contribution in [0.1, 0.15) is 64.9 Å². The minimum atomic E-state index is 0.182. The van der Waals surface area contributed by atoms with E-state index in [9.17, 15) is 4.79 Å². The van der Waals surface area contributed by atoms with Crippen LogP contribution in [0.3, 0.4) is 0 Å². The number of likely N-dealkylation sites (tertiary alicyclic amines) is 1. The second kappa shape index (κ2) is 11.4. The molecule has 0 aromatic heterocycles. The summed E-state index contributed by atoms with van der Waals surface area (Å²) in [4.78, 5) is 24.6. The average Bonchev–Trinajstić information content (AvgIpc) is 2.88. The maximum absolute atomic E-state index is 12.8. The van der Waals surface area contributed by atoms with Crippen molar-refractivity contribution in [1.82, 2.24) is 9.80 Å². The molecule has 188 valence electrons. The van der Waals surface area contributed by atoms with E-state index in [0.717, 1.165) is 89.2 Å². The normalized spacial score (nSPS) is 21.7. The van der Waals surface area contributed by atoms with Gasteiger partial charge in [0.2, 0.25) is 5.91 Å². The van der Waals surface area contributed by atoms with Gasteiger partial charge in [-0.3, -0.25) is 14.7 Å². The molecule has 6 heteroatoms. The van der Waals surface area contributed by atoms with Gasteiger partial charge in [-0.15, -0.1) is 0 Å². The monoisotopic (exact) mass is 475 g/mol. The summed E-state index contributed by atoms with van der Waals surface area (Å²) in [7, 11) is 0. The molecule has 1 aromatic carbocycles. The van der Waals surface area contributed by atoms with Crippen LogP contribution in [0.5, 0.6) is 0 Å². The number of hydrogen-bond acceptors (Lipinski definition) is 5. The number of piperazine rings is 1. The predicted octanol–water partition coefficient (Wildman–Crippen LogP) is 4.56. The molecule has 0 atom stereocenters. The topological polar surface area (TPSA) is 62.9 Å². The minimum Gasteiger partial charge on any atom is -0.369 e. The van der Waals surface area contributed by atoms with Gasteiger partial charge in [0.15, 0.2) is 0 Å². The Morgan fingerprint density at radius 3 is 2.34 bits per heavy atom. The van der Waals surface area contributed by atoms with Crippen LogP contribution in [0, 0.1) is 11.3 Å². The van der Waals surface area contributed by atoms with Crippen LogP contribution in [0.25, 0.3) is 0 Å². The second-order valence-corrected chi connectivity index (χ2v) is 11.2. The summed E-state index contributed by atoms with van der Waals surface area (Å²) in [6.45, 7) is 13.2. The Hall–Kier alpha value is -2.65. The van der Waals surface area contributed by atoms with Gasteiger partial charge in [0.05, 0.1) is 12.1 Å². The van der Waals surface area contributed by atoms with Gasteiger partial charge in [0.1, 0.15) is 0 Å². The van der Waals surface area contributed by atoms with Crippen molar-refractivity contribution in [3.05, 3.63) is 41.5 Å². The van der Waals surface area contributed by atoms with Gasteiger partial charge < -0.3 is 9.80 Å². The Morgan fingerprint density at radius 2 is 1.71 bits per heavy atom. The van der Waals surface area contributed by atoms with Crippen molar-refractivity contribution in [2.45, 2.75) is 70.8 Å². The zero-order valence-electron chi connectivity index (χ0n) is 21.8. The third-order valence-corrected chi connectivity index (χ3v) is 7.64. The second-order valence-electron chi connectivity index (χ2n) is 11.2. The molecule has 2 heterocycles. The molecule has 0 bridgehead atoms. The molecule has 2 fully saturated rings. The average molecular weight is 476 g/mol. The molecule has 0 N–H and O–H groups in total. The Bertz CT molecular complexity index is 966. The molecule has 1 aromatic rings. The third-order valence-electron chi connectivity index (χ3n) is 7.64. The number of carbonyl (C=O) groups is 1. The Kier molecular flexibility index (Phi) is 8.28. The van der Waals surface area contributed by atoms with Crippen molar-refractivity contribution in [3.8, 4) is 6.07 Å². The number of piperidine rings is 1. The van der Waals surface area contributed by atoms with Gasteiger partial charge in [-0.1, -0.05) is 32.9 Å². The SMILES string of the molecule is CC(C)(C)c1ccc(N2CCN(CCC(=O)N3CCC(N=C4C=C(C#N)CCC4)CC3)CC2)cc1. The van der Waals surface area contributed by atoms with E-state index >= 15 is 0 Å². The predicted molar refractivity (Wildman–Crippen MR) is 143 cm³/mol. The first-order chi connectivity index (χ1) is 16.8. The van der Waals surface area contributed by atoms with Crippen LogP contribution in [0.15, 0.2) is 40.9 Å². The summed E-state index contributed by atoms with van der Waals surface area (Å²) in [5.41, 5.74) is 4.77. The van der Waals surface area contributed by atoms with Crippen LogP contribution in [-0.4, -0.2) is 73.3 Å². The fourth-order valence-corrected chi connectivity index (χ4v) is 5.29. The number of anilines is 1. The van der Waals surface area contributed by atoms with Crippen molar-refractivity contribution in [1.29, 1.82) is 5.26 Å². The number of aliphatic imine (C=N–C) groups is 1. The molecule has 3 aliphatic rings. The Labute approximate surface area is 211 Å². The zero-order valence-corrected chi connectivity index (χ0v) is 21.8. The van der Waals surface area contributed by atoms with Gasteiger partial charge >= 0.3 is 0 Å². The minimum absolute atomic E-state index is 0.182. The maximum Gasteiger partial charge on any atom is 0.223 e. The highest BCUT2D eigenvalue weighted by molar-refractivity contribution is 5.97. The Balaban J connectivity index is 1.17. The van der Waals surface area contributed by atoms with E-state index in [0.29, 0.717) is 6.42 Å². The quantitative estimate of drug-likeness (QED) is 0.626. The van der Waals surface area contributed by atoms with E-state index in [1.807, 2.05) is 11.0 Å². The molecule has 6 nitrogen and oxygen atoms in total. The number of amides is 1. The number of allylic oxidation sites excluding steroid dienone is 2. The maximum atomic E-state index is 12.8. The number of hydrogen-bond donors (Lipinski definition) is 0. The summed E-state index contributed by atoms with van der Waals surface area (Å²) in [5, 5.41) is 9.13. The Morgan fingerprint density at radius 1 is 1.03 bits per heavy atom. The van der Waals surface area contributed by atoms with Crippen LogP contribution >= 0.6 is 0 Å². The lowest BCUT2D eigenvalue weighted by Gasteiger charge is -2.37. The molecule has 2 aliphatic heterocycles. The number of rotatable bonds is 5. The van der Waals surface area contributed by atoms with Crippen molar-refractivity contribution >= 4 is 17.3 Å². The molecule has 0 unspecified atom stereocenters. The van der Waals surface area contributed by atoms with Crippen LogP contribution < -0.4 is 4.90 Å². The van der Waals surface area contributed by atoms with Crippen molar-refractivity contribution in [3.63, 3.8) is 0 Å². The van der Waals surface area contributed by atoms with Crippen molar-refractivity contribution in [2.24, 2.45) is 4.99 Å². The van der Waals surface area contributed by atoms with Crippen molar-refractivity contribution in [2.75, 3.05) is 50.7 Å². The van der Waals surface area contributed by atoms with E-state index in [2.05, 4.69) is 60.9 Å². The van der Waals surface area contributed by atoms with Crippen LogP contribution in [0.4, 0.5) is 5.69 Å². The lowest BCUT2D eigenvalue weighted by atomic mass is 9.87.